The van der Waals surface area contributed by atoms with E-state index in [0.29, 0.717) is 22.3 Å². The van der Waals surface area contributed by atoms with Gasteiger partial charge in [-0.15, -0.1) is 0 Å². The van der Waals surface area contributed by atoms with Crippen molar-refractivity contribution in [2.45, 2.75) is 18.9 Å². The van der Waals surface area contributed by atoms with Crippen molar-refractivity contribution in [3.8, 4) is 17.2 Å². The predicted molar refractivity (Wildman–Crippen MR) is 82.0 cm³/mol. The second-order valence-corrected chi connectivity index (χ2v) is 4.98. The minimum Gasteiger partial charge on any atom is -0.481 e. The Labute approximate surface area is 132 Å². The Morgan fingerprint density at radius 3 is 2.48 bits per heavy atom. The van der Waals surface area contributed by atoms with Gasteiger partial charge in [0.15, 0.2) is 0 Å². The average Bonchev–Trinajstić information content (AvgIpc) is 2.55. The summed E-state index contributed by atoms with van der Waals surface area (Å²) < 4.78 is 14.3. The fourth-order valence-electron chi connectivity index (χ4n) is 2.24. The molecule has 1 N–H and O–H groups in total. The van der Waals surface area contributed by atoms with Crippen LogP contribution in [0.15, 0.2) is 47.6 Å². The Kier molecular flexibility index (Phi) is 5.15. The van der Waals surface area contributed by atoms with Crippen molar-refractivity contribution in [2.75, 3.05) is 0 Å². The number of halogens is 1. The quantitative estimate of drug-likeness (QED) is 0.815. The van der Waals surface area contributed by atoms with E-state index in [4.69, 9.17) is 10.4 Å². The number of aliphatic carboxylic acids is 1. The topological polar surface area (TPSA) is 90.5 Å². The fourth-order valence-corrected chi connectivity index (χ4v) is 2.24. The molecule has 2 rings (SSSR count). The van der Waals surface area contributed by atoms with Gasteiger partial charge in [-0.05, 0) is 35.7 Å². The molecule has 0 aliphatic carbocycles. The molecular formula is C17H13FN2O3. The predicted octanol–water partition coefficient (Wildman–Crippen LogP) is 4.04. The molecule has 5 nitrogen and oxygen atoms in total. The van der Waals surface area contributed by atoms with E-state index in [1.54, 1.807) is 30.3 Å². The molecule has 0 aliphatic rings. The summed E-state index contributed by atoms with van der Waals surface area (Å²) in [4.78, 5) is 21.4. The highest BCUT2D eigenvalue weighted by Crippen LogP contribution is 2.29. The van der Waals surface area contributed by atoms with E-state index < -0.39 is 17.8 Å². The maximum Gasteiger partial charge on any atom is 0.303 e. The zero-order valence-electron chi connectivity index (χ0n) is 12.1. The normalized spacial score (nSPS) is 11.5. The zero-order chi connectivity index (χ0) is 16.8. The molecule has 23 heavy (non-hydrogen) atoms. The summed E-state index contributed by atoms with van der Waals surface area (Å²) in [6.07, 6.45) is -0.191. The molecule has 0 heterocycles. The molecule has 1 atom stereocenters. The summed E-state index contributed by atoms with van der Waals surface area (Å²) in [6, 6.07) is 11.8. The maximum absolute atomic E-state index is 14.3. The van der Waals surface area contributed by atoms with Crippen molar-refractivity contribution in [1.29, 1.82) is 5.26 Å². The molecule has 0 fully saturated rings. The van der Waals surface area contributed by atoms with Gasteiger partial charge in [0.05, 0.1) is 11.6 Å². The summed E-state index contributed by atoms with van der Waals surface area (Å²) in [5.74, 6) is -1.57. The molecule has 0 amide bonds. The summed E-state index contributed by atoms with van der Waals surface area (Å²) in [5.41, 5.74) is 1.76. The van der Waals surface area contributed by atoms with Crippen LogP contribution in [-0.2, 0) is 4.79 Å². The van der Waals surface area contributed by atoms with Crippen LogP contribution < -0.4 is 0 Å². The summed E-state index contributed by atoms with van der Waals surface area (Å²) in [6.45, 7) is 0. The Morgan fingerprint density at radius 2 is 1.96 bits per heavy atom. The molecule has 0 spiro atoms. The second kappa shape index (κ2) is 7.27. The van der Waals surface area contributed by atoms with E-state index in [2.05, 4.69) is 5.18 Å². The van der Waals surface area contributed by atoms with Crippen LogP contribution in [0.2, 0.25) is 0 Å². The molecular weight excluding hydrogens is 299 g/mol. The van der Waals surface area contributed by atoms with Crippen molar-refractivity contribution in [3.63, 3.8) is 0 Å². The maximum atomic E-state index is 14.3. The fraction of sp³-hybridized carbons (Fsp3) is 0.176. The third kappa shape index (κ3) is 3.98. The minimum atomic E-state index is -1.03. The number of hydrogen-bond acceptors (Lipinski definition) is 4. The molecule has 1 unspecified atom stereocenters. The first kappa shape index (κ1) is 16.3. The van der Waals surface area contributed by atoms with E-state index in [0.717, 1.165) is 0 Å². The molecule has 0 aromatic heterocycles. The van der Waals surface area contributed by atoms with Crippen molar-refractivity contribution in [1.82, 2.24) is 0 Å². The third-order valence-corrected chi connectivity index (χ3v) is 3.46. The van der Waals surface area contributed by atoms with Crippen molar-refractivity contribution >= 4 is 5.97 Å². The summed E-state index contributed by atoms with van der Waals surface area (Å²) >= 11 is 0. The Bertz CT molecular complexity index is 766. The van der Waals surface area contributed by atoms with E-state index in [-0.39, 0.29) is 12.8 Å². The molecule has 0 saturated heterocycles. The van der Waals surface area contributed by atoms with Crippen LogP contribution in [0.25, 0.3) is 11.1 Å². The average molecular weight is 312 g/mol. The molecule has 6 heteroatoms. The molecule has 2 aromatic carbocycles. The second-order valence-electron chi connectivity index (χ2n) is 4.98. The number of carboxylic acid groups (broad SMARTS) is 1. The monoisotopic (exact) mass is 312 g/mol. The van der Waals surface area contributed by atoms with Gasteiger partial charge in [0.1, 0.15) is 11.9 Å². The zero-order valence-corrected chi connectivity index (χ0v) is 12.1. The van der Waals surface area contributed by atoms with Crippen LogP contribution in [0.5, 0.6) is 0 Å². The standard InChI is InChI=1S/C17H13FN2O3/c18-15-9-13(16(20-23)7-8-17(21)22)5-6-14(15)12-3-1-11(10-19)2-4-12/h1-6,9,16H,7-8H2,(H,21,22). The SMILES string of the molecule is N#Cc1ccc(-c2ccc(C(CCC(=O)O)N=O)cc2F)cc1. The number of rotatable bonds is 6. The van der Waals surface area contributed by atoms with Crippen LogP contribution in [0.3, 0.4) is 0 Å². The number of nitroso groups, excluding NO2 is 1. The van der Waals surface area contributed by atoms with Crippen LogP contribution >= 0.6 is 0 Å². The largest absolute Gasteiger partial charge is 0.481 e. The van der Waals surface area contributed by atoms with E-state index in [9.17, 15) is 14.1 Å². The highest BCUT2D eigenvalue weighted by atomic mass is 19.1. The van der Waals surface area contributed by atoms with Gasteiger partial charge in [-0.2, -0.15) is 10.2 Å². The van der Waals surface area contributed by atoms with E-state index >= 15 is 0 Å². The number of hydrogen-bond donors (Lipinski definition) is 1. The number of benzene rings is 2. The van der Waals surface area contributed by atoms with Crippen molar-refractivity contribution < 1.29 is 14.3 Å². The van der Waals surface area contributed by atoms with E-state index in [1.807, 2.05) is 6.07 Å². The Hall–Kier alpha value is -3.07. The molecule has 116 valence electrons. The van der Waals surface area contributed by atoms with Crippen molar-refractivity contribution in [2.24, 2.45) is 5.18 Å². The van der Waals surface area contributed by atoms with Gasteiger partial charge >= 0.3 is 5.97 Å². The molecule has 0 radical (unpaired) electrons. The number of carbonyl (C=O) groups is 1. The molecule has 2 aromatic rings. The lowest BCUT2D eigenvalue weighted by Crippen LogP contribution is -2.01. The number of nitrogens with zero attached hydrogens (tertiary/aromatic N) is 2. The van der Waals surface area contributed by atoms with Gasteiger partial charge < -0.3 is 5.11 Å². The first-order valence-corrected chi connectivity index (χ1v) is 6.89. The lowest BCUT2D eigenvalue weighted by molar-refractivity contribution is -0.137. The van der Waals surface area contributed by atoms with Crippen LogP contribution in [0.4, 0.5) is 4.39 Å². The first-order valence-electron chi connectivity index (χ1n) is 6.89. The molecule has 0 saturated carbocycles. The highest BCUT2D eigenvalue weighted by molar-refractivity contribution is 5.67. The van der Waals surface area contributed by atoms with E-state index in [1.165, 1.54) is 12.1 Å². The first-order chi connectivity index (χ1) is 11.0. The lowest BCUT2D eigenvalue weighted by atomic mass is 9.97. The van der Waals surface area contributed by atoms with Gasteiger partial charge in [0, 0.05) is 12.0 Å². The van der Waals surface area contributed by atoms with Gasteiger partial charge in [0.25, 0.3) is 0 Å². The molecule has 0 aliphatic heterocycles. The summed E-state index contributed by atoms with van der Waals surface area (Å²) in [7, 11) is 0. The highest BCUT2D eigenvalue weighted by Gasteiger charge is 2.16. The van der Waals surface area contributed by atoms with Crippen LogP contribution in [0.1, 0.15) is 30.0 Å². The van der Waals surface area contributed by atoms with Gasteiger partial charge in [-0.1, -0.05) is 29.4 Å². The van der Waals surface area contributed by atoms with Crippen molar-refractivity contribution in [3.05, 3.63) is 64.3 Å². The van der Waals surface area contributed by atoms with Crippen LogP contribution in [0, 0.1) is 22.1 Å². The number of nitriles is 1. The van der Waals surface area contributed by atoms with Gasteiger partial charge in [-0.25, -0.2) is 4.39 Å². The van der Waals surface area contributed by atoms with Gasteiger partial charge in [-0.3, -0.25) is 4.79 Å². The third-order valence-electron chi connectivity index (χ3n) is 3.46. The number of carboxylic acids is 1. The molecule has 0 bridgehead atoms. The smallest absolute Gasteiger partial charge is 0.303 e. The Balaban J connectivity index is 2.27. The Morgan fingerprint density at radius 1 is 1.26 bits per heavy atom. The summed E-state index contributed by atoms with van der Waals surface area (Å²) in [5, 5.41) is 20.3. The van der Waals surface area contributed by atoms with Crippen LogP contribution in [-0.4, -0.2) is 11.1 Å². The lowest BCUT2D eigenvalue weighted by Gasteiger charge is -2.10. The minimum absolute atomic E-state index is 0.0223. The van der Waals surface area contributed by atoms with Gasteiger partial charge in [0.2, 0.25) is 0 Å².